The number of nitrogens with one attached hydrogen (secondary N) is 1. The molecule has 7 nitrogen and oxygen atoms in total. The average molecular weight is 433 g/mol. The average Bonchev–Trinajstić information content (AvgIpc) is 3.45. The van der Waals surface area contributed by atoms with Crippen LogP contribution in [0.15, 0.2) is 54.6 Å². The van der Waals surface area contributed by atoms with Gasteiger partial charge in [0.15, 0.2) is 0 Å². The number of imide groups is 1. The van der Waals surface area contributed by atoms with E-state index < -0.39 is 0 Å². The van der Waals surface area contributed by atoms with E-state index >= 15 is 0 Å². The van der Waals surface area contributed by atoms with Gasteiger partial charge in [-0.25, -0.2) is 4.68 Å². The number of rotatable bonds is 6. The molecule has 3 heterocycles. The number of carbonyl (C=O) groups is 3. The van der Waals surface area contributed by atoms with E-state index in [-0.39, 0.29) is 30.7 Å². The van der Waals surface area contributed by atoms with Crippen LogP contribution in [0, 0.1) is 0 Å². The molecule has 156 valence electrons. The summed E-state index contributed by atoms with van der Waals surface area (Å²) >= 11 is 1.78. The number of fused-ring (bicyclic) bond motifs is 2. The van der Waals surface area contributed by atoms with E-state index in [4.69, 9.17) is 0 Å². The van der Waals surface area contributed by atoms with E-state index in [0.29, 0.717) is 23.4 Å². The van der Waals surface area contributed by atoms with E-state index in [2.05, 4.69) is 10.4 Å². The lowest BCUT2D eigenvalue weighted by Gasteiger charge is -2.14. The molecule has 0 aliphatic carbocycles. The maximum atomic E-state index is 12.7. The zero-order valence-electron chi connectivity index (χ0n) is 16.7. The number of anilines is 1. The van der Waals surface area contributed by atoms with Crippen molar-refractivity contribution in [3.8, 4) is 5.69 Å². The van der Waals surface area contributed by atoms with Crippen LogP contribution in [-0.2, 0) is 16.3 Å². The molecule has 1 N–H and O–H groups in total. The third-order valence-electron chi connectivity index (χ3n) is 5.47. The van der Waals surface area contributed by atoms with Gasteiger partial charge in [0, 0.05) is 30.0 Å². The van der Waals surface area contributed by atoms with Crippen molar-refractivity contribution in [2.24, 2.45) is 0 Å². The summed E-state index contributed by atoms with van der Waals surface area (Å²) < 4.78 is 1.78. The van der Waals surface area contributed by atoms with Crippen LogP contribution >= 0.6 is 11.8 Å². The normalized spacial score (nSPS) is 14.6. The van der Waals surface area contributed by atoms with Crippen LogP contribution in [0.4, 0.5) is 5.82 Å². The highest BCUT2D eigenvalue weighted by molar-refractivity contribution is 7.98. The Bertz CT molecular complexity index is 1150. The van der Waals surface area contributed by atoms with Gasteiger partial charge in [-0.2, -0.15) is 16.9 Å². The lowest BCUT2D eigenvalue weighted by Crippen LogP contribution is -2.31. The van der Waals surface area contributed by atoms with E-state index in [1.165, 1.54) is 4.90 Å². The van der Waals surface area contributed by atoms with Gasteiger partial charge in [-0.1, -0.05) is 30.3 Å². The summed E-state index contributed by atoms with van der Waals surface area (Å²) in [6.45, 7) is 0.214. The van der Waals surface area contributed by atoms with Gasteiger partial charge in [-0.15, -0.1) is 0 Å². The minimum Gasteiger partial charge on any atom is -0.310 e. The highest BCUT2D eigenvalue weighted by atomic mass is 32.2. The summed E-state index contributed by atoms with van der Waals surface area (Å²) in [5.74, 6) is 1.60. The number of carbonyl (C=O) groups excluding carboxylic acids is 3. The van der Waals surface area contributed by atoms with Crippen molar-refractivity contribution in [2.75, 3.05) is 11.9 Å². The van der Waals surface area contributed by atoms with Gasteiger partial charge in [0.1, 0.15) is 5.82 Å². The molecule has 3 amide bonds. The molecular weight excluding hydrogens is 412 g/mol. The Hall–Kier alpha value is -3.39. The molecule has 31 heavy (non-hydrogen) atoms. The van der Waals surface area contributed by atoms with Crippen molar-refractivity contribution >= 4 is 35.3 Å². The third-order valence-corrected chi connectivity index (χ3v) is 6.44. The molecule has 0 spiro atoms. The number of hydrogen-bond acceptors (Lipinski definition) is 5. The monoisotopic (exact) mass is 432 g/mol. The number of hydrogen-bond donors (Lipinski definition) is 1. The van der Waals surface area contributed by atoms with E-state index in [0.717, 1.165) is 28.5 Å². The Kier molecular flexibility index (Phi) is 5.07. The van der Waals surface area contributed by atoms with Crippen LogP contribution in [0.5, 0.6) is 0 Å². The van der Waals surface area contributed by atoms with Crippen LogP contribution in [0.25, 0.3) is 5.69 Å². The minimum atomic E-state index is -0.294. The van der Waals surface area contributed by atoms with Gasteiger partial charge in [0.05, 0.1) is 22.5 Å². The molecule has 2 aliphatic heterocycles. The molecule has 0 radical (unpaired) electrons. The van der Waals surface area contributed by atoms with E-state index in [9.17, 15) is 14.4 Å². The quantitative estimate of drug-likeness (QED) is 0.602. The van der Waals surface area contributed by atoms with Gasteiger partial charge in [-0.05, 0) is 30.7 Å². The minimum absolute atomic E-state index is 0.159. The van der Waals surface area contributed by atoms with E-state index in [1.807, 2.05) is 30.3 Å². The first-order chi connectivity index (χ1) is 15.1. The lowest BCUT2D eigenvalue weighted by molar-refractivity contribution is -0.116. The standard InChI is InChI=1S/C23H20N4O3S/c28-20(11-6-12-26-22(29)16-9-4-5-10-17(16)23(26)30)24-21-18-13-31-14-19(18)25-27(21)15-7-2-1-3-8-15/h1-5,7-10H,6,11-14H2,(H,24,28). The fourth-order valence-corrected chi connectivity index (χ4v) is 4.97. The Morgan fingerprint density at radius 3 is 2.35 bits per heavy atom. The Morgan fingerprint density at radius 1 is 0.968 bits per heavy atom. The molecule has 2 aliphatic rings. The summed E-state index contributed by atoms with van der Waals surface area (Å²) in [6.07, 6.45) is 0.600. The molecule has 0 atom stereocenters. The van der Waals surface area contributed by atoms with Crippen molar-refractivity contribution in [3.05, 3.63) is 77.0 Å². The summed E-state index contributed by atoms with van der Waals surface area (Å²) in [4.78, 5) is 38.8. The second-order valence-corrected chi connectivity index (χ2v) is 8.46. The van der Waals surface area contributed by atoms with Crippen LogP contribution in [0.1, 0.15) is 44.8 Å². The third kappa shape index (κ3) is 3.53. The molecule has 0 saturated heterocycles. The Morgan fingerprint density at radius 2 is 1.65 bits per heavy atom. The number of nitrogens with zero attached hydrogens (tertiary/aromatic N) is 3. The van der Waals surface area contributed by atoms with Gasteiger partial charge in [-0.3, -0.25) is 19.3 Å². The van der Waals surface area contributed by atoms with Crippen molar-refractivity contribution in [1.82, 2.24) is 14.7 Å². The molecule has 0 bridgehead atoms. The molecular formula is C23H20N4O3S. The van der Waals surface area contributed by atoms with Gasteiger partial charge in [0.2, 0.25) is 5.91 Å². The molecule has 5 rings (SSSR count). The lowest BCUT2D eigenvalue weighted by atomic mass is 10.1. The zero-order valence-corrected chi connectivity index (χ0v) is 17.5. The summed E-state index contributed by atoms with van der Waals surface area (Å²) in [5.41, 5.74) is 3.80. The first-order valence-corrected chi connectivity index (χ1v) is 11.3. The number of benzene rings is 2. The van der Waals surface area contributed by atoms with Crippen LogP contribution < -0.4 is 5.32 Å². The van der Waals surface area contributed by atoms with Crippen LogP contribution in [0.2, 0.25) is 0 Å². The van der Waals surface area contributed by atoms with Gasteiger partial charge >= 0.3 is 0 Å². The Labute approximate surface area is 183 Å². The summed E-state index contributed by atoms with van der Waals surface area (Å²) in [5, 5.41) is 7.70. The number of amides is 3. The number of thioether (sulfide) groups is 1. The van der Waals surface area contributed by atoms with E-state index in [1.54, 1.807) is 40.7 Å². The smallest absolute Gasteiger partial charge is 0.261 e. The van der Waals surface area contributed by atoms with Crippen molar-refractivity contribution in [3.63, 3.8) is 0 Å². The zero-order chi connectivity index (χ0) is 21.4. The molecule has 3 aromatic rings. The molecule has 8 heteroatoms. The SMILES string of the molecule is O=C(CCCN1C(=O)c2ccccc2C1=O)Nc1c2c(nn1-c1ccccc1)CSC2. The number of para-hydroxylation sites is 1. The van der Waals surface area contributed by atoms with Crippen molar-refractivity contribution < 1.29 is 14.4 Å². The predicted molar refractivity (Wildman–Crippen MR) is 118 cm³/mol. The summed E-state index contributed by atoms with van der Waals surface area (Å²) in [7, 11) is 0. The maximum Gasteiger partial charge on any atom is 0.261 e. The largest absolute Gasteiger partial charge is 0.310 e. The van der Waals surface area contributed by atoms with Gasteiger partial charge in [0.25, 0.3) is 11.8 Å². The topological polar surface area (TPSA) is 84.3 Å². The highest BCUT2D eigenvalue weighted by Crippen LogP contribution is 2.36. The molecule has 0 unspecified atom stereocenters. The molecule has 1 aromatic heterocycles. The maximum absolute atomic E-state index is 12.7. The number of aromatic nitrogens is 2. The van der Waals surface area contributed by atoms with Crippen molar-refractivity contribution in [2.45, 2.75) is 24.3 Å². The Balaban J connectivity index is 1.25. The van der Waals surface area contributed by atoms with Crippen molar-refractivity contribution in [1.29, 1.82) is 0 Å². The predicted octanol–water partition coefficient (Wildman–Crippen LogP) is 3.63. The summed E-state index contributed by atoms with van der Waals surface area (Å²) in [6, 6.07) is 16.5. The molecule has 0 fully saturated rings. The first-order valence-electron chi connectivity index (χ1n) is 10.1. The first kappa shape index (κ1) is 19.6. The van der Waals surface area contributed by atoms with Gasteiger partial charge < -0.3 is 5.32 Å². The second-order valence-electron chi connectivity index (χ2n) is 7.47. The van der Waals surface area contributed by atoms with Crippen LogP contribution in [0.3, 0.4) is 0 Å². The molecule has 0 saturated carbocycles. The second kappa shape index (κ2) is 8.03. The highest BCUT2D eigenvalue weighted by Gasteiger charge is 2.34. The van der Waals surface area contributed by atoms with Crippen LogP contribution in [-0.4, -0.2) is 38.9 Å². The molecule has 2 aromatic carbocycles. The fourth-order valence-electron chi connectivity index (χ4n) is 3.93. The fraction of sp³-hybridized carbons (Fsp3) is 0.217.